The fourth-order valence-corrected chi connectivity index (χ4v) is 2.00. The molecule has 0 bridgehead atoms. The highest BCUT2D eigenvalue weighted by atomic mass is 16.6. The second-order valence-corrected chi connectivity index (χ2v) is 4.81. The van der Waals surface area contributed by atoms with Crippen molar-refractivity contribution in [1.29, 1.82) is 0 Å². The number of esters is 1. The Bertz CT molecular complexity index is 837. The van der Waals surface area contributed by atoms with Crippen molar-refractivity contribution in [2.45, 2.75) is 6.92 Å². The Hall–Kier alpha value is -3.69. The zero-order chi connectivity index (χ0) is 19.1. The number of nitro benzene ring substituents is 2. The Balaban J connectivity index is 2.08. The lowest BCUT2D eigenvalue weighted by atomic mass is 10.3. The summed E-state index contributed by atoms with van der Waals surface area (Å²) >= 11 is 0. The van der Waals surface area contributed by atoms with Crippen LogP contribution in [-0.4, -0.2) is 29.0 Å². The first-order chi connectivity index (χ1) is 12.4. The van der Waals surface area contributed by atoms with Gasteiger partial charge in [-0.05, 0) is 25.1 Å². The van der Waals surface area contributed by atoms with Crippen molar-refractivity contribution in [3.8, 4) is 17.2 Å². The van der Waals surface area contributed by atoms with E-state index >= 15 is 0 Å². The van der Waals surface area contributed by atoms with Crippen molar-refractivity contribution < 1.29 is 28.9 Å². The Morgan fingerprint density at radius 1 is 0.962 bits per heavy atom. The van der Waals surface area contributed by atoms with Crippen LogP contribution in [0.2, 0.25) is 0 Å². The van der Waals surface area contributed by atoms with E-state index in [0.29, 0.717) is 6.61 Å². The predicted octanol–water partition coefficient (Wildman–Crippen LogP) is 2.89. The molecule has 136 valence electrons. The maximum Gasteiger partial charge on any atom is 0.349 e. The van der Waals surface area contributed by atoms with Gasteiger partial charge >= 0.3 is 17.3 Å². The number of carbonyl (C=O) groups excluding carboxylic acids is 1. The Morgan fingerprint density at radius 2 is 1.65 bits per heavy atom. The summed E-state index contributed by atoms with van der Waals surface area (Å²) in [7, 11) is 0. The first kappa shape index (κ1) is 18.6. The van der Waals surface area contributed by atoms with Gasteiger partial charge in [0, 0.05) is 6.07 Å². The van der Waals surface area contributed by atoms with E-state index in [4.69, 9.17) is 14.2 Å². The largest absolute Gasteiger partial charge is 0.494 e. The van der Waals surface area contributed by atoms with Gasteiger partial charge in [-0.1, -0.05) is 12.1 Å². The molecular formula is C16H14N2O8. The van der Waals surface area contributed by atoms with Gasteiger partial charge in [0.2, 0.25) is 5.75 Å². The summed E-state index contributed by atoms with van der Waals surface area (Å²) in [6.45, 7) is 1.38. The third kappa shape index (κ3) is 4.66. The summed E-state index contributed by atoms with van der Waals surface area (Å²) in [5.74, 6) is -1.09. The van der Waals surface area contributed by atoms with Crippen LogP contribution in [0.1, 0.15) is 6.92 Å². The third-order valence-corrected chi connectivity index (χ3v) is 3.07. The van der Waals surface area contributed by atoms with Crippen molar-refractivity contribution in [3.05, 3.63) is 62.7 Å². The molecule has 0 radical (unpaired) electrons. The van der Waals surface area contributed by atoms with E-state index in [1.165, 1.54) is 36.4 Å². The lowest BCUT2D eigenvalue weighted by Gasteiger charge is -2.08. The number of ether oxygens (including phenoxy) is 3. The fraction of sp³-hybridized carbons (Fsp3) is 0.188. The lowest BCUT2D eigenvalue weighted by molar-refractivity contribution is -0.386. The van der Waals surface area contributed by atoms with Crippen LogP contribution in [0.4, 0.5) is 11.4 Å². The summed E-state index contributed by atoms with van der Waals surface area (Å²) in [6, 6.07) is 9.28. The van der Waals surface area contributed by atoms with E-state index in [1.54, 1.807) is 6.92 Å². The number of nitro groups is 2. The van der Waals surface area contributed by atoms with Gasteiger partial charge in [-0.2, -0.15) is 0 Å². The summed E-state index contributed by atoms with van der Waals surface area (Å²) in [4.78, 5) is 32.5. The number of benzene rings is 2. The average Bonchev–Trinajstić information content (AvgIpc) is 2.61. The minimum Gasteiger partial charge on any atom is -0.494 e. The van der Waals surface area contributed by atoms with Crippen molar-refractivity contribution in [2.75, 3.05) is 13.2 Å². The summed E-state index contributed by atoms with van der Waals surface area (Å²) in [5.41, 5.74) is -0.762. The first-order valence-electron chi connectivity index (χ1n) is 7.40. The fourth-order valence-electron chi connectivity index (χ4n) is 2.00. The lowest BCUT2D eigenvalue weighted by Crippen LogP contribution is -2.18. The van der Waals surface area contributed by atoms with Gasteiger partial charge in [0.15, 0.2) is 12.4 Å². The highest BCUT2D eigenvalue weighted by molar-refractivity contribution is 5.75. The smallest absolute Gasteiger partial charge is 0.349 e. The molecule has 0 spiro atoms. The van der Waals surface area contributed by atoms with Crippen LogP contribution >= 0.6 is 0 Å². The van der Waals surface area contributed by atoms with E-state index in [1.807, 2.05) is 0 Å². The van der Waals surface area contributed by atoms with Crippen molar-refractivity contribution >= 4 is 17.3 Å². The van der Waals surface area contributed by atoms with Crippen LogP contribution in [0, 0.1) is 20.2 Å². The van der Waals surface area contributed by atoms with Crippen LogP contribution in [0.25, 0.3) is 0 Å². The van der Waals surface area contributed by atoms with E-state index in [2.05, 4.69) is 0 Å². The third-order valence-electron chi connectivity index (χ3n) is 3.07. The normalized spacial score (nSPS) is 10.0. The van der Waals surface area contributed by atoms with Crippen molar-refractivity contribution in [3.63, 3.8) is 0 Å². The van der Waals surface area contributed by atoms with Crippen LogP contribution in [0.3, 0.4) is 0 Å². The molecule has 2 aromatic rings. The quantitative estimate of drug-likeness (QED) is 0.303. The molecule has 0 amide bonds. The topological polar surface area (TPSA) is 131 Å². The van der Waals surface area contributed by atoms with Gasteiger partial charge < -0.3 is 14.2 Å². The van der Waals surface area contributed by atoms with Crippen molar-refractivity contribution in [1.82, 2.24) is 0 Å². The minimum absolute atomic E-state index is 0.115. The Labute approximate surface area is 147 Å². The molecule has 10 heteroatoms. The van der Waals surface area contributed by atoms with Crippen LogP contribution in [0.5, 0.6) is 17.2 Å². The average molecular weight is 362 g/mol. The maximum atomic E-state index is 11.9. The number of para-hydroxylation sites is 2. The molecule has 2 rings (SSSR count). The van der Waals surface area contributed by atoms with Crippen molar-refractivity contribution in [2.24, 2.45) is 0 Å². The Kier molecular flexibility index (Phi) is 6.04. The molecule has 0 aliphatic carbocycles. The molecule has 0 aliphatic heterocycles. The highest BCUT2D eigenvalue weighted by Crippen LogP contribution is 2.31. The maximum absolute atomic E-state index is 11.9. The standard InChI is InChI=1S/C16H14N2O8/c1-2-24-11-7-8-15(13(9-11)18(22)23)26-16(19)10-25-14-6-4-3-5-12(14)17(20)21/h3-9H,2,10H2,1H3. The van der Waals surface area contributed by atoms with E-state index in [9.17, 15) is 25.0 Å². The number of hydrogen-bond acceptors (Lipinski definition) is 8. The molecule has 0 aliphatic rings. The molecule has 0 heterocycles. The van der Waals surface area contributed by atoms with Gasteiger partial charge in [-0.25, -0.2) is 4.79 Å². The second-order valence-electron chi connectivity index (χ2n) is 4.81. The molecule has 0 atom stereocenters. The number of hydrogen-bond donors (Lipinski definition) is 0. The number of carbonyl (C=O) groups is 1. The monoisotopic (exact) mass is 362 g/mol. The zero-order valence-electron chi connectivity index (χ0n) is 13.6. The molecular weight excluding hydrogens is 348 g/mol. The molecule has 0 aromatic heterocycles. The molecule has 0 N–H and O–H groups in total. The van der Waals surface area contributed by atoms with E-state index in [-0.39, 0.29) is 22.9 Å². The molecule has 26 heavy (non-hydrogen) atoms. The Morgan fingerprint density at radius 3 is 2.31 bits per heavy atom. The second kappa shape index (κ2) is 8.42. The molecule has 0 saturated heterocycles. The number of rotatable bonds is 8. The molecule has 2 aromatic carbocycles. The van der Waals surface area contributed by atoms with Gasteiger partial charge in [-0.3, -0.25) is 20.2 Å². The SMILES string of the molecule is CCOc1ccc(OC(=O)COc2ccccc2[N+](=O)[O-])c([N+](=O)[O-])c1. The molecule has 10 nitrogen and oxygen atoms in total. The van der Waals surface area contributed by atoms with E-state index in [0.717, 1.165) is 6.07 Å². The van der Waals surface area contributed by atoms with Gasteiger partial charge in [0.25, 0.3) is 0 Å². The van der Waals surface area contributed by atoms with Crippen LogP contribution in [-0.2, 0) is 4.79 Å². The highest BCUT2D eigenvalue weighted by Gasteiger charge is 2.21. The summed E-state index contributed by atoms with van der Waals surface area (Å²) in [6.07, 6.45) is 0. The van der Waals surface area contributed by atoms with Gasteiger partial charge in [0.1, 0.15) is 5.75 Å². The zero-order valence-corrected chi connectivity index (χ0v) is 13.6. The van der Waals surface area contributed by atoms with Gasteiger partial charge in [0.05, 0.1) is 22.5 Å². The summed E-state index contributed by atoms with van der Waals surface area (Å²) in [5, 5.41) is 22.0. The van der Waals surface area contributed by atoms with Crippen LogP contribution < -0.4 is 14.2 Å². The molecule has 0 fully saturated rings. The van der Waals surface area contributed by atoms with Gasteiger partial charge in [-0.15, -0.1) is 0 Å². The first-order valence-corrected chi connectivity index (χ1v) is 7.40. The molecule has 0 unspecified atom stereocenters. The van der Waals surface area contributed by atoms with Crippen LogP contribution in [0.15, 0.2) is 42.5 Å². The summed E-state index contributed by atoms with van der Waals surface area (Å²) < 4.78 is 15.2. The predicted molar refractivity (Wildman–Crippen MR) is 88.5 cm³/mol. The minimum atomic E-state index is -0.949. The number of nitrogens with zero attached hydrogens (tertiary/aromatic N) is 2. The van der Waals surface area contributed by atoms with E-state index < -0.39 is 28.1 Å². The molecule has 0 saturated carbocycles.